The lowest BCUT2D eigenvalue weighted by Crippen LogP contribution is -2.46. The van der Waals surface area contributed by atoms with Crippen LogP contribution in [0.25, 0.3) is 22.6 Å². The molecular weight excluding hydrogens is 232 g/mol. The van der Waals surface area contributed by atoms with Gasteiger partial charge in [0.15, 0.2) is 0 Å². The molecule has 0 atom stereocenters. The highest BCUT2D eigenvalue weighted by Crippen LogP contribution is 2.07. The Labute approximate surface area is 112 Å². The van der Waals surface area contributed by atoms with Gasteiger partial charge in [0.1, 0.15) is 5.49 Å². The van der Waals surface area contributed by atoms with E-state index in [1.807, 2.05) is 7.05 Å². The average Bonchev–Trinajstić information content (AvgIpc) is 2.63. The van der Waals surface area contributed by atoms with Crippen LogP contribution in [0, 0.1) is 0 Å². The van der Waals surface area contributed by atoms with Crippen molar-refractivity contribution in [2.75, 3.05) is 7.05 Å². The Kier molecular flexibility index (Phi) is 2.86. The van der Waals surface area contributed by atoms with E-state index in [4.69, 9.17) is 0 Å². The number of benzene rings is 1. The third kappa shape index (κ3) is 1.75. The minimum Gasteiger partial charge on any atom is -0.329 e. The molecule has 0 aliphatic heterocycles. The van der Waals surface area contributed by atoms with E-state index >= 15 is 0 Å². The van der Waals surface area contributed by atoms with Gasteiger partial charge in [-0.05, 0) is 30.2 Å². The van der Waals surface area contributed by atoms with Gasteiger partial charge in [0, 0.05) is 30.2 Å². The number of aryl methyl sites for hydroxylation is 1. The average molecular weight is 250 g/mol. The van der Waals surface area contributed by atoms with Gasteiger partial charge in [0.25, 0.3) is 0 Å². The largest absolute Gasteiger partial charge is 0.329 e. The van der Waals surface area contributed by atoms with E-state index in [1.54, 1.807) is 0 Å². The maximum Gasteiger partial charge on any atom is 0.135 e. The van der Waals surface area contributed by atoms with Crippen molar-refractivity contribution in [1.82, 2.24) is 4.57 Å². The van der Waals surface area contributed by atoms with Gasteiger partial charge in [-0.25, -0.2) is 0 Å². The molecule has 2 heteroatoms. The first-order chi connectivity index (χ1) is 9.24. The van der Waals surface area contributed by atoms with Crippen molar-refractivity contribution in [3.05, 3.63) is 52.3 Å². The van der Waals surface area contributed by atoms with Crippen LogP contribution >= 0.6 is 0 Å². The smallest absolute Gasteiger partial charge is 0.135 e. The van der Waals surface area contributed by atoms with Gasteiger partial charge in [0.05, 0.1) is 0 Å². The van der Waals surface area contributed by atoms with E-state index in [9.17, 15) is 0 Å². The van der Waals surface area contributed by atoms with E-state index in [2.05, 4.69) is 66.0 Å². The first-order valence-corrected chi connectivity index (χ1v) is 6.62. The second-order valence-corrected chi connectivity index (χ2v) is 4.94. The summed E-state index contributed by atoms with van der Waals surface area (Å²) in [5.41, 5.74) is 3.56. The van der Waals surface area contributed by atoms with Crippen LogP contribution in [0.1, 0.15) is 13.3 Å². The van der Waals surface area contributed by atoms with Crippen molar-refractivity contribution < 1.29 is 0 Å². The number of hydrogen-bond acceptors (Lipinski definition) is 1. The van der Waals surface area contributed by atoms with Crippen LogP contribution in [0.15, 0.2) is 41.4 Å². The topological polar surface area (TPSA) is 17.3 Å². The molecule has 0 radical (unpaired) electrons. The van der Waals surface area contributed by atoms with Gasteiger partial charge in [-0.15, -0.1) is 0 Å². The summed E-state index contributed by atoms with van der Waals surface area (Å²) in [6.07, 6.45) is 7.69. The van der Waals surface area contributed by atoms with Crippen LogP contribution in [0.2, 0.25) is 0 Å². The van der Waals surface area contributed by atoms with E-state index in [-0.39, 0.29) is 0 Å². The Morgan fingerprint density at radius 1 is 1.21 bits per heavy atom. The van der Waals surface area contributed by atoms with Crippen molar-refractivity contribution in [1.29, 1.82) is 0 Å². The first kappa shape index (κ1) is 12.0. The number of allylic oxidation sites excluding steroid dienone is 2. The number of para-hydroxylation sites is 1. The summed E-state index contributed by atoms with van der Waals surface area (Å²) in [5.74, 6) is 0. The molecule has 0 bridgehead atoms. The van der Waals surface area contributed by atoms with E-state index in [1.165, 1.54) is 26.9 Å². The van der Waals surface area contributed by atoms with Gasteiger partial charge < -0.3 is 4.57 Å². The number of aromatic nitrogens is 1. The van der Waals surface area contributed by atoms with Gasteiger partial charge in [-0.1, -0.05) is 36.4 Å². The minimum absolute atomic E-state index is 0.977. The zero-order chi connectivity index (χ0) is 13.4. The monoisotopic (exact) mass is 250 g/mol. The minimum atomic E-state index is 0.977. The second kappa shape index (κ2) is 4.54. The van der Waals surface area contributed by atoms with Crippen LogP contribution in [0.3, 0.4) is 0 Å². The SMILES string of the molecule is CN=c1c2c(c3ccccc3n1C)=CCC=CC=2C. The predicted octanol–water partition coefficient (Wildman–Crippen LogP) is 1.62. The highest BCUT2D eigenvalue weighted by Gasteiger charge is 2.05. The van der Waals surface area contributed by atoms with Crippen molar-refractivity contribution in [2.45, 2.75) is 13.3 Å². The Morgan fingerprint density at radius 3 is 2.79 bits per heavy atom. The third-order valence-corrected chi connectivity index (χ3v) is 3.80. The standard InChI is InChI=1S/C17H18N2/c1-12-8-4-5-10-14-13-9-6-7-11-15(13)19(3)17(18-2)16(12)14/h4,6-11H,5H2,1-3H3. The summed E-state index contributed by atoms with van der Waals surface area (Å²) >= 11 is 0. The van der Waals surface area contributed by atoms with E-state index < -0.39 is 0 Å². The third-order valence-electron chi connectivity index (χ3n) is 3.80. The van der Waals surface area contributed by atoms with Crippen LogP contribution in [0.5, 0.6) is 0 Å². The van der Waals surface area contributed by atoms with Crippen molar-refractivity contribution >= 4 is 22.6 Å². The van der Waals surface area contributed by atoms with E-state index in [0.717, 1.165) is 11.9 Å². The summed E-state index contributed by atoms with van der Waals surface area (Å²) in [5, 5.41) is 3.88. The Hall–Kier alpha value is -2.09. The van der Waals surface area contributed by atoms with Gasteiger partial charge in [-0.3, -0.25) is 4.99 Å². The molecule has 1 aromatic heterocycles. The molecule has 0 saturated heterocycles. The molecule has 1 aliphatic rings. The zero-order valence-electron chi connectivity index (χ0n) is 11.6. The summed E-state index contributed by atoms with van der Waals surface area (Å²) in [4.78, 5) is 4.51. The van der Waals surface area contributed by atoms with Crippen LogP contribution in [-0.4, -0.2) is 11.6 Å². The molecule has 1 aliphatic carbocycles. The Bertz CT molecular complexity index is 864. The van der Waals surface area contributed by atoms with Crippen LogP contribution in [0.4, 0.5) is 0 Å². The molecule has 3 rings (SSSR count). The maximum absolute atomic E-state index is 4.51. The zero-order valence-corrected chi connectivity index (χ0v) is 11.6. The molecule has 96 valence electrons. The number of nitrogens with zero attached hydrogens (tertiary/aromatic N) is 2. The Balaban J connectivity index is 2.78. The molecule has 1 aromatic carbocycles. The fourth-order valence-corrected chi connectivity index (χ4v) is 2.91. The molecule has 0 N–H and O–H groups in total. The van der Waals surface area contributed by atoms with Crippen molar-refractivity contribution in [3.63, 3.8) is 0 Å². The fourth-order valence-electron chi connectivity index (χ4n) is 2.91. The molecule has 0 fully saturated rings. The normalized spacial score (nSPS) is 15.3. The van der Waals surface area contributed by atoms with Gasteiger partial charge in [-0.2, -0.15) is 0 Å². The molecule has 0 saturated carbocycles. The van der Waals surface area contributed by atoms with E-state index in [0.29, 0.717) is 0 Å². The summed E-state index contributed by atoms with van der Waals surface area (Å²) < 4.78 is 2.19. The lowest BCUT2D eigenvalue weighted by Gasteiger charge is -2.09. The predicted molar refractivity (Wildman–Crippen MR) is 81.0 cm³/mol. The lowest BCUT2D eigenvalue weighted by molar-refractivity contribution is 0.853. The second-order valence-electron chi connectivity index (χ2n) is 4.94. The lowest BCUT2D eigenvalue weighted by atomic mass is 10.1. The molecule has 2 aromatic rings. The molecule has 1 heterocycles. The van der Waals surface area contributed by atoms with Gasteiger partial charge >= 0.3 is 0 Å². The highest BCUT2D eigenvalue weighted by atomic mass is 15.0. The Morgan fingerprint density at radius 2 is 2.00 bits per heavy atom. The number of rotatable bonds is 0. The maximum atomic E-state index is 4.51. The number of fused-ring (bicyclic) bond motifs is 3. The molecule has 0 amide bonds. The molecular formula is C17H18N2. The van der Waals surface area contributed by atoms with Crippen LogP contribution < -0.4 is 15.9 Å². The summed E-state index contributed by atoms with van der Waals surface area (Å²) in [6.45, 7) is 2.16. The number of pyridine rings is 1. The summed E-state index contributed by atoms with van der Waals surface area (Å²) in [7, 11) is 3.96. The fraction of sp³-hybridized carbons (Fsp3) is 0.235. The van der Waals surface area contributed by atoms with Crippen LogP contribution in [-0.2, 0) is 7.05 Å². The quantitative estimate of drug-likeness (QED) is 0.676. The first-order valence-electron chi connectivity index (χ1n) is 6.62. The molecule has 19 heavy (non-hydrogen) atoms. The van der Waals surface area contributed by atoms with Gasteiger partial charge in [0.2, 0.25) is 0 Å². The summed E-state index contributed by atoms with van der Waals surface area (Å²) in [6, 6.07) is 8.54. The van der Waals surface area contributed by atoms with Crippen molar-refractivity contribution in [3.8, 4) is 0 Å². The number of hydrogen-bond donors (Lipinski definition) is 0. The molecule has 2 nitrogen and oxygen atoms in total. The van der Waals surface area contributed by atoms with Crippen molar-refractivity contribution in [2.24, 2.45) is 12.0 Å². The highest BCUT2D eigenvalue weighted by molar-refractivity contribution is 5.81. The molecule has 0 unspecified atom stereocenters. The molecule has 0 spiro atoms.